The maximum Gasteiger partial charge on any atom is 0.243 e. The summed E-state index contributed by atoms with van der Waals surface area (Å²) in [7, 11) is 0. The Hall–Kier alpha value is -3.25. The largest absolute Gasteiger partial charge is 0.486 e. The van der Waals surface area contributed by atoms with Gasteiger partial charge in [0.2, 0.25) is 5.91 Å². The Morgan fingerprint density at radius 2 is 1.90 bits per heavy atom. The number of halogens is 1. The van der Waals surface area contributed by atoms with Gasteiger partial charge in [0.25, 0.3) is 0 Å². The number of imidazole rings is 1. The molecule has 3 heterocycles. The van der Waals surface area contributed by atoms with Crippen molar-refractivity contribution in [2.45, 2.75) is 32.7 Å². The number of hydrogen-bond donors (Lipinski definition) is 0. The number of para-hydroxylation sites is 2. The van der Waals surface area contributed by atoms with E-state index in [1.807, 2.05) is 51.9 Å². The molecule has 31 heavy (non-hydrogen) atoms. The van der Waals surface area contributed by atoms with Gasteiger partial charge in [0.1, 0.15) is 24.7 Å². The Bertz CT molecular complexity index is 1230. The number of hydrogen-bond acceptors (Lipinski definition) is 3. The lowest BCUT2D eigenvalue weighted by Crippen LogP contribution is -2.42. The van der Waals surface area contributed by atoms with Crippen LogP contribution in [0.25, 0.3) is 11.0 Å². The van der Waals surface area contributed by atoms with Crippen LogP contribution in [0.15, 0.2) is 66.9 Å². The fourth-order valence-corrected chi connectivity index (χ4v) is 4.36. The van der Waals surface area contributed by atoms with Crippen molar-refractivity contribution in [3.63, 3.8) is 0 Å². The minimum Gasteiger partial charge on any atom is -0.486 e. The van der Waals surface area contributed by atoms with Crippen LogP contribution in [0.2, 0.25) is 5.02 Å². The molecule has 5 rings (SSSR count). The monoisotopic (exact) mass is 434 g/mol. The fraction of sp³-hybridized carbons (Fsp3) is 0.250. The molecular weight excluding hydrogens is 412 g/mol. The number of ether oxygens (including phenoxy) is 1. The molecular formula is C24H23ClN4O2. The van der Waals surface area contributed by atoms with Gasteiger partial charge in [0.15, 0.2) is 0 Å². The number of carbonyl (C=O) groups excluding carboxylic acids is 1. The van der Waals surface area contributed by atoms with Crippen LogP contribution in [-0.2, 0) is 24.5 Å². The highest BCUT2D eigenvalue weighted by atomic mass is 35.5. The van der Waals surface area contributed by atoms with Crippen LogP contribution in [0, 0.1) is 0 Å². The summed E-state index contributed by atoms with van der Waals surface area (Å²) in [4.78, 5) is 20.0. The standard InChI is InChI=1S/C24H23ClN4O2/c1-17-21-7-4-12-27(21)13-14-28(17)24(30)15-29-22-6-3-2-5-20(22)26-23(29)16-31-19-10-8-18(25)9-11-19/h2-12,17H,13-16H2,1H3/t17-/m0/s1. The summed E-state index contributed by atoms with van der Waals surface area (Å²) in [6.07, 6.45) is 2.07. The van der Waals surface area contributed by atoms with E-state index >= 15 is 0 Å². The van der Waals surface area contributed by atoms with Gasteiger partial charge in [0, 0.05) is 30.0 Å². The van der Waals surface area contributed by atoms with E-state index < -0.39 is 0 Å². The van der Waals surface area contributed by atoms with Gasteiger partial charge in [0.05, 0.1) is 17.1 Å². The molecule has 0 spiro atoms. The average Bonchev–Trinajstić information content (AvgIpc) is 3.39. The highest BCUT2D eigenvalue weighted by Gasteiger charge is 2.28. The van der Waals surface area contributed by atoms with E-state index in [0.29, 0.717) is 17.3 Å². The van der Waals surface area contributed by atoms with E-state index in [1.54, 1.807) is 12.1 Å². The zero-order valence-electron chi connectivity index (χ0n) is 17.2. The first-order valence-electron chi connectivity index (χ1n) is 10.4. The predicted octanol–water partition coefficient (Wildman–Crippen LogP) is 4.67. The molecule has 6 nitrogen and oxygen atoms in total. The summed E-state index contributed by atoms with van der Waals surface area (Å²) in [5.74, 6) is 1.51. The van der Waals surface area contributed by atoms with Crippen LogP contribution in [-0.4, -0.2) is 31.5 Å². The van der Waals surface area contributed by atoms with Gasteiger partial charge in [-0.15, -0.1) is 0 Å². The Morgan fingerprint density at radius 3 is 2.74 bits per heavy atom. The molecule has 0 unspecified atom stereocenters. The number of nitrogens with zero attached hydrogens (tertiary/aromatic N) is 4. The summed E-state index contributed by atoms with van der Waals surface area (Å²) >= 11 is 5.96. The molecule has 0 saturated heterocycles. The van der Waals surface area contributed by atoms with Crippen molar-refractivity contribution in [3.05, 3.63) is 83.4 Å². The van der Waals surface area contributed by atoms with Gasteiger partial charge >= 0.3 is 0 Å². The molecule has 0 radical (unpaired) electrons. The van der Waals surface area contributed by atoms with Gasteiger partial charge in [-0.2, -0.15) is 0 Å². The predicted molar refractivity (Wildman–Crippen MR) is 120 cm³/mol. The molecule has 2 aromatic heterocycles. The van der Waals surface area contributed by atoms with Crippen molar-refractivity contribution in [2.75, 3.05) is 6.54 Å². The smallest absolute Gasteiger partial charge is 0.243 e. The van der Waals surface area contributed by atoms with E-state index in [4.69, 9.17) is 21.3 Å². The molecule has 0 aliphatic carbocycles. The van der Waals surface area contributed by atoms with E-state index in [9.17, 15) is 4.79 Å². The molecule has 0 bridgehead atoms. The average molecular weight is 435 g/mol. The lowest BCUT2D eigenvalue weighted by Gasteiger charge is -2.35. The number of rotatable bonds is 5. The molecule has 1 aliphatic heterocycles. The number of amides is 1. The molecule has 0 saturated carbocycles. The summed E-state index contributed by atoms with van der Waals surface area (Å²) in [6.45, 7) is 4.09. The quantitative estimate of drug-likeness (QED) is 0.458. The van der Waals surface area contributed by atoms with Crippen molar-refractivity contribution in [1.82, 2.24) is 19.0 Å². The fourth-order valence-electron chi connectivity index (χ4n) is 4.24. The molecule has 2 aromatic carbocycles. The number of aromatic nitrogens is 3. The number of fused-ring (bicyclic) bond motifs is 2. The van der Waals surface area contributed by atoms with Gasteiger partial charge in [-0.05, 0) is 55.5 Å². The molecule has 0 N–H and O–H groups in total. The third-order valence-corrected chi connectivity index (χ3v) is 6.12. The molecule has 1 aliphatic rings. The van der Waals surface area contributed by atoms with E-state index in [2.05, 4.69) is 23.8 Å². The molecule has 4 aromatic rings. The van der Waals surface area contributed by atoms with Crippen LogP contribution < -0.4 is 4.74 Å². The summed E-state index contributed by atoms with van der Waals surface area (Å²) in [5, 5.41) is 0.659. The zero-order chi connectivity index (χ0) is 21.4. The third kappa shape index (κ3) is 3.79. The Morgan fingerprint density at radius 1 is 1.10 bits per heavy atom. The van der Waals surface area contributed by atoms with Gasteiger partial charge in [-0.25, -0.2) is 4.98 Å². The second kappa shape index (κ2) is 8.12. The van der Waals surface area contributed by atoms with Crippen molar-refractivity contribution in [1.29, 1.82) is 0 Å². The Balaban J connectivity index is 1.40. The van der Waals surface area contributed by atoms with E-state index in [1.165, 1.54) is 5.69 Å². The van der Waals surface area contributed by atoms with Crippen LogP contribution in [0.5, 0.6) is 5.75 Å². The second-order valence-corrected chi connectivity index (χ2v) is 8.17. The summed E-state index contributed by atoms with van der Waals surface area (Å²) in [5.41, 5.74) is 2.95. The lowest BCUT2D eigenvalue weighted by molar-refractivity contribution is -0.135. The third-order valence-electron chi connectivity index (χ3n) is 5.87. The topological polar surface area (TPSA) is 52.3 Å². The summed E-state index contributed by atoms with van der Waals surface area (Å²) in [6, 6.07) is 19.3. The first-order valence-corrected chi connectivity index (χ1v) is 10.7. The van der Waals surface area contributed by atoms with Crippen LogP contribution in [0.1, 0.15) is 24.5 Å². The highest BCUT2D eigenvalue weighted by Crippen LogP contribution is 2.26. The highest BCUT2D eigenvalue weighted by molar-refractivity contribution is 6.30. The van der Waals surface area contributed by atoms with E-state index in [-0.39, 0.29) is 25.1 Å². The Kier molecular flexibility index (Phi) is 5.16. The minimum absolute atomic E-state index is 0.0415. The number of carbonyl (C=O) groups is 1. The van der Waals surface area contributed by atoms with Crippen LogP contribution in [0.3, 0.4) is 0 Å². The zero-order valence-corrected chi connectivity index (χ0v) is 18.0. The van der Waals surface area contributed by atoms with Crippen molar-refractivity contribution >= 4 is 28.5 Å². The first kappa shape index (κ1) is 19.7. The van der Waals surface area contributed by atoms with E-state index in [0.717, 1.165) is 23.4 Å². The first-order chi connectivity index (χ1) is 15.1. The van der Waals surface area contributed by atoms with Crippen LogP contribution in [0.4, 0.5) is 0 Å². The maximum atomic E-state index is 13.3. The van der Waals surface area contributed by atoms with Gasteiger partial charge < -0.3 is 18.8 Å². The second-order valence-electron chi connectivity index (χ2n) is 7.74. The molecule has 1 atom stereocenters. The van der Waals surface area contributed by atoms with Crippen molar-refractivity contribution < 1.29 is 9.53 Å². The Labute approximate surface area is 185 Å². The lowest BCUT2D eigenvalue weighted by atomic mass is 10.1. The molecule has 7 heteroatoms. The normalized spacial score (nSPS) is 15.8. The minimum atomic E-state index is 0.0415. The molecule has 158 valence electrons. The van der Waals surface area contributed by atoms with Gasteiger partial charge in [-0.1, -0.05) is 23.7 Å². The van der Waals surface area contributed by atoms with Crippen LogP contribution >= 0.6 is 11.6 Å². The summed E-state index contributed by atoms with van der Waals surface area (Å²) < 4.78 is 10.1. The van der Waals surface area contributed by atoms with Gasteiger partial charge in [-0.3, -0.25) is 4.79 Å². The maximum absolute atomic E-state index is 13.3. The van der Waals surface area contributed by atoms with Crippen molar-refractivity contribution in [3.8, 4) is 5.75 Å². The number of benzene rings is 2. The van der Waals surface area contributed by atoms with Crippen molar-refractivity contribution in [2.24, 2.45) is 0 Å². The molecule has 0 fully saturated rings. The SMILES string of the molecule is C[C@H]1c2cccn2CCN1C(=O)Cn1c(COc2ccc(Cl)cc2)nc2ccccc21. The molecule has 1 amide bonds.